The van der Waals surface area contributed by atoms with Crippen LogP contribution >= 0.6 is 0 Å². The highest BCUT2D eigenvalue weighted by Crippen LogP contribution is 2.23. The Kier molecular flexibility index (Phi) is 6.10. The molecule has 1 aliphatic rings. The van der Waals surface area contributed by atoms with Crippen LogP contribution in [0, 0.1) is 10.1 Å². The van der Waals surface area contributed by atoms with Crippen molar-refractivity contribution in [3.8, 4) is 0 Å². The first-order valence-corrected chi connectivity index (χ1v) is 7.95. The molecule has 0 aromatic heterocycles. The number of rotatable bonds is 6. The van der Waals surface area contributed by atoms with E-state index in [-0.39, 0.29) is 11.3 Å². The zero-order valence-electron chi connectivity index (χ0n) is 14.3. The largest absolute Gasteiger partial charge is 0.465 e. The third kappa shape index (κ3) is 4.42. The molecule has 1 aromatic carbocycles. The van der Waals surface area contributed by atoms with Gasteiger partial charge in [-0.1, -0.05) is 0 Å². The quantitative estimate of drug-likeness (QED) is 0.477. The van der Waals surface area contributed by atoms with Crippen molar-refractivity contribution < 1.29 is 14.5 Å². The van der Waals surface area contributed by atoms with Gasteiger partial charge in [-0.3, -0.25) is 15.0 Å². The second-order valence-electron chi connectivity index (χ2n) is 6.05. The lowest BCUT2D eigenvalue weighted by Crippen LogP contribution is -2.49. The number of nitro benzene ring substituents is 1. The molecule has 0 amide bonds. The summed E-state index contributed by atoms with van der Waals surface area (Å²) in [5.41, 5.74) is 0.376. The van der Waals surface area contributed by atoms with Crippen LogP contribution in [0.4, 0.5) is 11.4 Å². The monoisotopic (exact) mass is 336 g/mol. The molecule has 2 rings (SSSR count). The van der Waals surface area contributed by atoms with Crippen molar-refractivity contribution in [2.24, 2.45) is 0 Å². The molecule has 0 radical (unpaired) electrons. The van der Waals surface area contributed by atoms with Gasteiger partial charge in [0.1, 0.15) is 5.56 Å². The maximum Gasteiger partial charge on any atom is 0.344 e. The van der Waals surface area contributed by atoms with Crippen molar-refractivity contribution in [2.45, 2.75) is 13.0 Å². The Morgan fingerprint density at radius 2 is 2.04 bits per heavy atom. The van der Waals surface area contributed by atoms with Crippen LogP contribution in [0.1, 0.15) is 17.3 Å². The molecule has 1 fully saturated rings. The number of hydrogen-bond donors (Lipinski definition) is 1. The summed E-state index contributed by atoms with van der Waals surface area (Å²) in [6.07, 6.45) is 0. The first kappa shape index (κ1) is 18.2. The number of methoxy groups -OCH3 is 1. The summed E-state index contributed by atoms with van der Waals surface area (Å²) in [5.74, 6) is -0.711. The van der Waals surface area contributed by atoms with Gasteiger partial charge in [-0.25, -0.2) is 4.79 Å². The Morgan fingerprint density at radius 3 is 2.62 bits per heavy atom. The average molecular weight is 336 g/mol. The maximum absolute atomic E-state index is 11.7. The van der Waals surface area contributed by atoms with Crippen LogP contribution in [-0.2, 0) is 4.74 Å². The molecule has 0 saturated carbocycles. The molecule has 1 atom stereocenters. The number of carbonyl (C=O) groups excluding carboxylic acids is 1. The Labute approximate surface area is 141 Å². The number of anilines is 1. The van der Waals surface area contributed by atoms with Crippen LogP contribution in [0.25, 0.3) is 0 Å². The van der Waals surface area contributed by atoms with Gasteiger partial charge >= 0.3 is 5.97 Å². The molecule has 24 heavy (non-hydrogen) atoms. The fourth-order valence-electron chi connectivity index (χ4n) is 2.74. The molecule has 8 nitrogen and oxygen atoms in total. The number of hydrogen-bond acceptors (Lipinski definition) is 7. The molecule has 8 heteroatoms. The van der Waals surface area contributed by atoms with E-state index in [9.17, 15) is 14.9 Å². The van der Waals surface area contributed by atoms with E-state index >= 15 is 0 Å². The predicted molar refractivity (Wildman–Crippen MR) is 91.5 cm³/mol. The standard InChI is InChI=1S/C16H24N4O4/c1-12(19-8-6-18(2)7-9-19)11-17-13-4-5-15(20(22)23)14(10-13)16(21)24-3/h4-5,10,12,17H,6-9,11H2,1-3H3. The molecular formula is C16H24N4O4. The van der Waals surface area contributed by atoms with Gasteiger partial charge in [0.15, 0.2) is 0 Å². The van der Waals surface area contributed by atoms with Crippen molar-refractivity contribution >= 4 is 17.3 Å². The Balaban J connectivity index is 2.02. The average Bonchev–Trinajstić information content (AvgIpc) is 2.59. The molecule has 0 bridgehead atoms. The molecule has 1 unspecified atom stereocenters. The van der Waals surface area contributed by atoms with E-state index in [1.807, 2.05) is 0 Å². The minimum Gasteiger partial charge on any atom is -0.465 e. The summed E-state index contributed by atoms with van der Waals surface area (Å²) in [7, 11) is 3.33. The number of likely N-dealkylation sites (N-methyl/N-ethyl adjacent to an activating group) is 1. The highest BCUT2D eigenvalue weighted by Gasteiger charge is 2.22. The summed E-state index contributed by atoms with van der Waals surface area (Å²) in [4.78, 5) is 26.9. The minimum atomic E-state index is -0.711. The van der Waals surface area contributed by atoms with Crippen LogP contribution in [-0.4, -0.2) is 73.6 Å². The highest BCUT2D eigenvalue weighted by atomic mass is 16.6. The molecule has 0 aliphatic carbocycles. The van der Waals surface area contributed by atoms with Crippen molar-refractivity contribution in [3.63, 3.8) is 0 Å². The number of benzene rings is 1. The van der Waals surface area contributed by atoms with Gasteiger partial charge in [0.25, 0.3) is 5.69 Å². The Bertz CT molecular complexity index is 600. The number of nitrogens with one attached hydrogen (secondary N) is 1. The summed E-state index contributed by atoms with van der Waals surface area (Å²) in [6.45, 7) is 6.98. The van der Waals surface area contributed by atoms with Crippen LogP contribution in [0.5, 0.6) is 0 Å². The highest BCUT2D eigenvalue weighted by molar-refractivity contribution is 5.95. The van der Waals surface area contributed by atoms with Crippen LogP contribution < -0.4 is 5.32 Å². The summed E-state index contributed by atoms with van der Waals surface area (Å²) < 4.78 is 4.63. The van der Waals surface area contributed by atoms with E-state index in [1.165, 1.54) is 19.2 Å². The fourth-order valence-corrected chi connectivity index (χ4v) is 2.74. The second kappa shape index (κ2) is 8.07. The van der Waals surface area contributed by atoms with Crippen LogP contribution in [0.15, 0.2) is 18.2 Å². The number of carbonyl (C=O) groups is 1. The van der Waals surface area contributed by atoms with Crippen LogP contribution in [0.3, 0.4) is 0 Å². The number of esters is 1. The predicted octanol–water partition coefficient (Wildman–Crippen LogP) is 1.43. The lowest BCUT2D eigenvalue weighted by molar-refractivity contribution is -0.385. The lowest BCUT2D eigenvalue weighted by Gasteiger charge is -2.36. The number of nitrogens with zero attached hydrogens (tertiary/aromatic N) is 3. The zero-order valence-corrected chi connectivity index (χ0v) is 14.3. The molecular weight excluding hydrogens is 312 g/mol. The maximum atomic E-state index is 11.7. The SMILES string of the molecule is COC(=O)c1cc(NCC(C)N2CCN(C)CC2)ccc1[N+](=O)[O-]. The van der Waals surface area contributed by atoms with Gasteiger partial charge in [0, 0.05) is 50.5 Å². The normalized spacial score (nSPS) is 17.3. The van der Waals surface area contributed by atoms with Crippen molar-refractivity contribution in [2.75, 3.05) is 52.2 Å². The first-order chi connectivity index (χ1) is 11.4. The number of piperazine rings is 1. The summed E-state index contributed by atoms with van der Waals surface area (Å²) in [6, 6.07) is 4.74. The third-order valence-corrected chi connectivity index (χ3v) is 4.36. The van der Waals surface area contributed by atoms with Crippen molar-refractivity contribution in [3.05, 3.63) is 33.9 Å². The van der Waals surface area contributed by atoms with Gasteiger partial charge < -0.3 is 15.0 Å². The van der Waals surface area contributed by atoms with Crippen molar-refractivity contribution in [1.29, 1.82) is 0 Å². The van der Waals surface area contributed by atoms with E-state index in [0.717, 1.165) is 26.2 Å². The topological polar surface area (TPSA) is 88.0 Å². The molecule has 0 spiro atoms. The fraction of sp³-hybridized carbons (Fsp3) is 0.562. The molecule has 132 valence electrons. The smallest absolute Gasteiger partial charge is 0.344 e. The summed E-state index contributed by atoms with van der Waals surface area (Å²) >= 11 is 0. The Morgan fingerprint density at radius 1 is 1.38 bits per heavy atom. The molecule has 1 heterocycles. The van der Waals surface area contributed by atoms with E-state index in [2.05, 4.69) is 33.8 Å². The number of ether oxygens (including phenoxy) is 1. The molecule has 1 aliphatic heterocycles. The molecule has 1 saturated heterocycles. The Hall–Kier alpha value is -2.19. The third-order valence-electron chi connectivity index (χ3n) is 4.36. The first-order valence-electron chi connectivity index (χ1n) is 7.95. The van der Waals surface area contributed by atoms with Crippen molar-refractivity contribution in [1.82, 2.24) is 9.80 Å². The minimum absolute atomic E-state index is 0.0419. The van der Waals surface area contributed by atoms with E-state index < -0.39 is 10.9 Å². The zero-order chi connectivity index (χ0) is 17.7. The van der Waals surface area contributed by atoms with Gasteiger partial charge in [-0.2, -0.15) is 0 Å². The summed E-state index contributed by atoms with van der Waals surface area (Å²) in [5, 5.41) is 14.3. The van der Waals surface area contributed by atoms with E-state index in [1.54, 1.807) is 6.07 Å². The van der Waals surface area contributed by atoms with Gasteiger partial charge in [-0.15, -0.1) is 0 Å². The number of nitro groups is 1. The second-order valence-corrected chi connectivity index (χ2v) is 6.05. The van der Waals surface area contributed by atoms with E-state index in [0.29, 0.717) is 18.3 Å². The van der Waals surface area contributed by atoms with E-state index in [4.69, 9.17) is 0 Å². The van der Waals surface area contributed by atoms with Crippen LogP contribution in [0.2, 0.25) is 0 Å². The van der Waals surface area contributed by atoms with Gasteiger partial charge in [-0.05, 0) is 26.1 Å². The van der Waals surface area contributed by atoms with Gasteiger partial charge in [0.2, 0.25) is 0 Å². The van der Waals surface area contributed by atoms with Gasteiger partial charge in [0.05, 0.1) is 12.0 Å². The lowest BCUT2D eigenvalue weighted by atomic mass is 10.1. The molecule has 1 N–H and O–H groups in total. The molecule has 1 aromatic rings.